The standard InChI is InChI=1S/C20H38O3S.Na.H/c1-3-4-5-6-7-8-9-10-11-12-13-14-15-16-17-18-20(22)24-23-19(2)21;;/h3-18H2,1-2H3;;/q;+1;-1. The van der Waals surface area contributed by atoms with Crippen molar-refractivity contribution in [2.24, 2.45) is 0 Å². The second-order valence-corrected chi connectivity index (χ2v) is 7.52. The van der Waals surface area contributed by atoms with E-state index in [2.05, 4.69) is 11.1 Å². The summed E-state index contributed by atoms with van der Waals surface area (Å²) in [5, 5.41) is -0.0418. The zero-order valence-corrected chi connectivity index (χ0v) is 19.8. The first-order valence-electron chi connectivity index (χ1n) is 10.0. The Morgan fingerprint density at radius 3 is 1.44 bits per heavy atom. The second-order valence-electron chi connectivity index (χ2n) is 6.73. The van der Waals surface area contributed by atoms with Crippen molar-refractivity contribution < 1.29 is 44.8 Å². The van der Waals surface area contributed by atoms with Gasteiger partial charge in [0.25, 0.3) is 0 Å². The molecule has 25 heavy (non-hydrogen) atoms. The van der Waals surface area contributed by atoms with Gasteiger partial charge in [0.1, 0.15) is 12.0 Å². The van der Waals surface area contributed by atoms with E-state index in [0.717, 1.165) is 12.8 Å². The van der Waals surface area contributed by atoms with E-state index in [9.17, 15) is 9.59 Å². The maximum atomic E-state index is 11.4. The molecule has 144 valence electrons. The van der Waals surface area contributed by atoms with Crippen LogP contribution in [0.25, 0.3) is 0 Å². The van der Waals surface area contributed by atoms with Crippen LogP contribution in [0.5, 0.6) is 0 Å². The quantitative estimate of drug-likeness (QED) is 0.229. The molecule has 0 aliphatic heterocycles. The van der Waals surface area contributed by atoms with E-state index in [0.29, 0.717) is 18.5 Å². The molecule has 0 saturated carbocycles. The molecule has 0 radical (unpaired) electrons. The van der Waals surface area contributed by atoms with Gasteiger partial charge in [-0.25, -0.2) is 0 Å². The molecule has 0 saturated heterocycles. The van der Waals surface area contributed by atoms with Crippen molar-refractivity contribution in [3.05, 3.63) is 0 Å². The smallest absolute Gasteiger partial charge is 1.00 e. The average molecular weight is 383 g/mol. The van der Waals surface area contributed by atoms with E-state index in [1.54, 1.807) is 0 Å². The maximum absolute atomic E-state index is 11.4. The molecule has 0 spiro atoms. The van der Waals surface area contributed by atoms with Crippen molar-refractivity contribution >= 4 is 23.1 Å². The van der Waals surface area contributed by atoms with E-state index < -0.39 is 5.97 Å². The molecule has 0 aliphatic rings. The van der Waals surface area contributed by atoms with Crippen LogP contribution in [0.1, 0.15) is 118 Å². The van der Waals surface area contributed by atoms with Crippen LogP contribution in [0.2, 0.25) is 0 Å². The maximum Gasteiger partial charge on any atom is 1.00 e. The molecule has 0 aromatic heterocycles. The van der Waals surface area contributed by atoms with Gasteiger partial charge in [0.2, 0.25) is 5.12 Å². The zero-order valence-electron chi connectivity index (χ0n) is 17.9. The van der Waals surface area contributed by atoms with Gasteiger partial charge in [0.05, 0.1) is 0 Å². The van der Waals surface area contributed by atoms with Gasteiger partial charge in [0.15, 0.2) is 0 Å². The van der Waals surface area contributed by atoms with Gasteiger partial charge in [0, 0.05) is 13.3 Å². The molecular formula is C20H39NaO3S. The van der Waals surface area contributed by atoms with Gasteiger partial charge in [-0.1, -0.05) is 96.8 Å². The number of unbranched alkanes of at least 4 members (excludes halogenated alkanes) is 14. The predicted octanol–water partition coefficient (Wildman–Crippen LogP) is 4.10. The van der Waals surface area contributed by atoms with E-state index in [4.69, 9.17) is 0 Å². The van der Waals surface area contributed by atoms with Crippen molar-refractivity contribution in [1.82, 2.24) is 0 Å². The average Bonchev–Trinajstić information content (AvgIpc) is 2.56. The van der Waals surface area contributed by atoms with Crippen LogP contribution < -0.4 is 29.6 Å². The molecule has 0 amide bonds. The summed E-state index contributed by atoms with van der Waals surface area (Å²) in [6.07, 6.45) is 20.3. The first-order chi connectivity index (χ1) is 11.7. The summed E-state index contributed by atoms with van der Waals surface area (Å²) >= 11 is 0.683. The van der Waals surface area contributed by atoms with Crippen LogP contribution in [0.15, 0.2) is 0 Å². The van der Waals surface area contributed by atoms with E-state index in [1.807, 2.05) is 0 Å². The number of carbonyl (C=O) groups is 2. The normalized spacial score (nSPS) is 10.3. The summed E-state index contributed by atoms with van der Waals surface area (Å²) in [5.74, 6) is -0.412. The monoisotopic (exact) mass is 382 g/mol. The summed E-state index contributed by atoms with van der Waals surface area (Å²) in [5.41, 5.74) is 0. The van der Waals surface area contributed by atoms with Crippen molar-refractivity contribution in [3.8, 4) is 0 Å². The van der Waals surface area contributed by atoms with Gasteiger partial charge in [-0.05, 0) is 6.42 Å². The largest absolute Gasteiger partial charge is 1.00 e. The van der Waals surface area contributed by atoms with Crippen molar-refractivity contribution in [2.75, 3.05) is 0 Å². The predicted molar refractivity (Wildman–Crippen MR) is 105 cm³/mol. The topological polar surface area (TPSA) is 43.4 Å². The Hall–Kier alpha value is 0.490. The molecular weight excluding hydrogens is 343 g/mol. The summed E-state index contributed by atoms with van der Waals surface area (Å²) in [6.45, 7) is 3.58. The molecule has 0 atom stereocenters. The molecule has 0 unspecified atom stereocenters. The molecule has 0 aromatic rings. The van der Waals surface area contributed by atoms with E-state index in [-0.39, 0.29) is 36.1 Å². The minimum atomic E-state index is -0.412. The fourth-order valence-corrected chi connectivity index (χ4v) is 3.23. The van der Waals surface area contributed by atoms with Crippen molar-refractivity contribution in [1.29, 1.82) is 0 Å². The van der Waals surface area contributed by atoms with Crippen LogP contribution in [0.4, 0.5) is 0 Å². The van der Waals surface area contributed by atoms with Gasteiger partial charge < -0.3 is 5.61 Å². The van der Waals surface area contributed by atoms with Crippen LogP contribution >= 0.6 is 12.0 Å². The Balaban J connectivity index is -0.00000264. The van der Waals surface area contributed by atoms with E-state index in [1.165, 1.54) is 90.4 Å². The summed E-state index contributed by atoms with van der Waals surface area (Å²) in [7, 11) is 0. The Kier molecular flexibility index (Phi) is 25.0. The summed E-state index contributed by atoms with van der Waals surface area (Å²) < 4.78 is 4.61. The number of hydrogen-bond donors (Lipinski definition) is 0. The number of hydrogen-bond acceptors (Lipinski definition) is 4. The minimum Gasteiger partial charge on any atom is -1.00 e. The first kappa shape index (κ1) is 27.7. The minimum absolute atomic E-state index is 0. The number of rotatable bonds is 16. The molecule has 5 heteroatoms. The Morgan fingerprint density at radius 1 is 0.720 bits per heavy atom. The third kappa shape index (κ3) is 24.5. The fourth-order valence-electron chi connectivity index (χ4n) is 2.79. The second kappa shape index (κ2) is 22.5. The Labute approximate surface area is 183 Å². The van der Waals surface area contributed by atoms with Crippen LogP contribution in [-0.2, 0) is 13.8 Å². The van der Waals surface area contributed by atoms with Gasteiger partial charge in [-0.3, -0.25) is 9.59 Å². The molecule has 3 nitrogen and oxygen atoms in total. The molecule has 0 heterocycles. The summed E-state index contributed by atoms with van der Waals surface area (Å²) in [4.78, 5) is 21.9. The third-order valence-electron chi connectivity index (χ3n) is 4.24. The zero-order chi connectivity index (χ0) is 17.9. The van der Waals surface area contributed by atoms with Crippen molar-refractivity contribution in [3.63, 3.8) is 0 Å². The molecule has 0 aromatic carbocycles. The molecule has 0 rings (SSSR count). The van der Waals surface area contributed by atoms with Gasteiger partial charge in [-0.2, -0.15) is 0 Å². The van der Waals surface area contributed by atoms with Crippen molar-refractivity contribution in [2.45, 2.75) is 117 Å². The molecule has 0 fully saturated rings. The Morgan fingerprint density at radius 2 is 1.08 bits per heavy atom. The van der Waals surface area contributed by atoms with Gasteiger partial charge >= 0.3 is 35.5 Å². The third-order valence-corrected chi connectivity index (χ3v) is 4.94. The molecule has 0 N–H and O–H groups in total. The Bertz CT molecular complexity index is 317. The van der Waals surface area contributed by atoms with E-state index >= 15 is 0 Å². The number of carbonyl (C=O) groups excluding carboxylic acids is 2. The first-order valence-corrected chi connectivity index (χ1v) is 10.8. The van der Waals surface area contributed by atoms with Crippen LogP contribution in [0, 0.1) is 0 Å². The van der Waals surface area contributed by atoms with Gasteiger partial charge in [-0.15, -0.1) is 0 Å². The molecule has 0 bridgehead atoms. The fraction of sp³-hybridized carbons (Fsp3) is 0.900. The molecule has 0 aliphatic carbocycles. The SMILES string of the molecule is CCCCCCCCCCCCCCCCCC(=O)SOC(C)=O.[H-].[Na+]. The summed E-state index contributed by atoms with van der Waals surface area (Å²) in [6, 6.07) is 0. The van der Waals surface area contributed by atoms with Crippen LogP contribution in [0.3, 0.4) is 0 Å². The van der Waals surface area contributed by atoms with Crippen LogP contribution in [-0.4, -0.2) is 11.1 Å².